The molecular formula is C13H10F2O. The van der Waals surface area contributed by atoms with Crippen LogP contribution in [0.5, 0.6) is 5.75 Å². The molecule has 2 rings (SSSR count). The highest BCUT2D eigenvalue weighted by molar-refractivity contribution is 5.64. The van der Waals surface area contributed by atoms with E-state index in [-0.39, 0.29) is 0 Å². The smallest absolute Gasteiger partial charge is 0.133 e. The van der Waals surface area contributed by atoms with E-state index >= 15 is 0 Å². The van der Waals surface area contributed by atoms with Crippen molar-refractivity contribution in [3.63, 3.8) is 0 Å². The Kier molecular flexibility index (Phi) is 2.86. The first-order valence-electron chi connectivity index (χ1n) is 4.80. The van der Waals surface area contributed by atoms with Crippen molar-refractivity contribution in [3.05, 3.63) is 54.1 Å². The van der Waals surface area contributed by atoms with Crippen LogP contribution in [0.3, 0.4) is 0 Å². The zero-order valence-electron chi connectivity index (χ0n) is 8.71. The number of halogens is 2. The number of methoxy groups -OCH3 is 1. The van der Waals surface area contributed by atoms with Gasteiger partial charge in [-0.05, 0) is 29.8 Å². The highest BCUT2D eigenvalue weighted by atomic mass is 19.1. The quantitative estimate of drug-likeness (QED) is 0.750. The van der Waals surface area contributed by atoms with Gasteiger partial charge >= 0.3 is 0 Å². The molecule has 0 N–H and O–H groups in total. The van der Waals surface area contributed by atoms with Gasteiger partial charge in [0, 0.05) is 11.6 Å². The normalized spacial score (nSPS) is 10.2. The molecule has 0 radical (unpaired) electrons. The molecule has 0 saturated heterocycles. The molecule has 0 aliphatic carbocycles. The van der Waals surface area contributed by atoms with E-state index in [9.17, 15) is 8.78 Å². The van der Waals surface area contributed by atoms with Crippen LogP contribution in [0.2, 0.25) is 0 Å². The third-order valence-electron chi connectivity index (χ3n) is 2.33. The molecule has 0 heterocycles. The number of hydrogen-bond donors (Lipinski definition) is 0. The Balaban J connectivity index is 2.42. The Morgan fingerprint density at radius 3 is 2.19 bits per heavy atom. The molecule has 0 aliphatic heterocycles. The maximum atomic E-state index is 13.4. The summed E-state index contributed by atoms with van der Waals surface area (Å²) in [5.74, 6) is -0.439. The molecule has 16 heavy (non-hydrogen) atoms. The van der Waals surface area contributed by atoms with E-state index in [1.165, 1.54) is 12.1 Å². The van der Waals surface area contributed by atoms with Gasteiger partial charge < -0.3 is 4.74 Å². The summed E-state index contributed by atoms with van der Waals surface area (Å²) in [4.78, 5) is 0. The SMILES string of the molecule is COc1ccc(-c2ccc(F)cc2F)cc1. The van der Waals surface area contributed by atoms with E-state index < -0.39 is 11.6 Å². The average Bonchev–Trinajstić information content (AvgIpc) is 2.29. The molecule has 0 aliphatic rings. The summed E-state index contributed by atoms with van der Waals surface area (Å²) in [5.41, 5.74) is 1.07. The van der Waals surface area contributed by atoms with Gasteiger partial charge in [0.05, 0.1) is 7.11 Å². The third kappa shape index (κ3) is 2.03. The predicted molar refractivity (Wildman–Crippen MR) is 58.3 cm³/mol. The van der Waals surface area contributed by atoms with E-state index in [0.29, 0.717) is 16.9 Å². The summed E-state index contributed by atoms with van der Waals surface area (Å²) < 4.78 is 31.2. The van der Waals surface area contributed by atoms with Crippen LogP contribution in [0, 0.1) is 11.6 Å². The van der Waals surface area contributed by atoms with Crippen LogP contribution in [0.15, 0.2) is 42.5 Å². The molecule has 0 fully saturated rings. The summed E-state index contributed by atoms with van der Waals surface area (Å²) in [5, 5.41) is 0. The Bertz CT molecular complexity index is 492. The number of rotatable bonds is 2. The van der Waals surface area contributed by atoms with Gasteiger partial charge in [-0.15, -0.1) is 0 Å². The largest absolute Gasteiger partial charge is 0.497 e. The van der Waals surface area contributed by atoms with Crippen molar-refractivity contribution in [2.24, 2.45) is 0 Å². The molecule has 1 nitrogen and oxygen atoms in total. The predicted octanol–water partition coefficient (Wildman–Crippen LogP) is 3.64. The first-order chi connectivity index (χ1) is 7.70. The summed E-state index contributed by atoms with van der Waals surface area (Å²) in [6.45, 7) is 0. The molecule has 0 spiro atoms. The van der Waals surface area contributed by atoms with Gasteiger partial charge in [0.1, 0.15) is 17.4 Å². The van der Waals surface area contributed by atoms with Crippen LogP contribution < -0.4 is 4.74 Å². The second-order valence-corrected chi connectivity index (χ2v) is 3.35. The first kappa shape index (κ1) is 10.6. The lowest BCUT2D eigenvalue weighted by Crippen LogP contribution is -1.87. The topological polar surface area (TPSA) is 9.23 Å². The Hall–Kier alpha value is -1.90. The minimum Gasteiger partial charge on any atom is -0.497 e. The number of benzene rings is 2. The van der Waals surface area contributed by atoms with Gasteiger partial charge in [0.15, 0.2) is 0 Å². The van der Waals surface area contributed by atoms with Crippen LogP contribution in [-0.4, -0.2) is 7.11 Å². The van der Waals surface area contributed by atoms with Crippen LogP contribution in [-0.2, 0) is 0 Å². The standard InChI is InChI=1S/C13H10F2O/c1-16-11-5-2-9(3-6-11)12-7-4-10(14)8-13(12)15/h2-8H,1H3. The van der Waals surface area contributed by atoms with Crippen molar-refractivity contribution in [1.29, 1.82) is 0 Å². The second kappa shape index (κ2) is 4.31. The zero-order chi connectivity index (χ0) is 11.5. The molecule has 2 aromatic rings. The van der Waals surface area contributed by atoms with Crippen LogP contribution in [0.4, 0.5) is 8.78 Å². The lowest BCUT2D eigenvalue weighted by Gasteiger charge is -2.05. The van der Waals surface area contributed by atoms with Crippen LogP contribution in [0.25, 0.3) is 11.1 Å². The minimum absolute atomic E-state index is 0.379. The molecule has 0 bridgehead atoms. The third-order valence-corrected chi connectivity index (χ3v) is 2.33. The van der Waals surface area contributed by atoms with Gasteiger partial charge in [-0.1, -0.05) is 12.1 Å². The summed E-state index contributed by atoms with van der Waals surface area (Å²) in [6, 6.07) is 10.5. The van der Waals surface area contributed by atoms with E-state index in [1.54, 1.807) is 31.4 Å². The lowest BCUT2D eigenvalue weighted by atomic mass is 10.1. The molecule has 0 aromatic heterocycles. The van der Waals surface area contributed by atoms with Crippen LogP contribution >= 0.6 is 0 Å². The van der Waals surface area contributed by atoms with Gasteiger partial charge in [-0.3, -0.25) is 0 Å². The van der Waals surface area contributed by atoms with Gasteiger partial charge in [-0.2, -0.15) is 0 Å². The van der Waals surface area contributed by atoms with Crippen molar-refractivity contribution >= 4 is 0 Å². The highest BCUT2D eigenvalue weighted by Gasteiger charge is 2.05. The van der Waals surface area contributed by atoms with Crippen molar-refractivity contribution in [2.45, 2.75) is 0 Å². The minimum atomic E-state index is -0.574. The Labute approximate surface area is 92.3 Å². The summed E-state index contributed by atoms with van der Waals surface area (Å²) in [6.07, 6.45) is 0. The zero-order valence-corrected chi connectivity index (χ0v) is 8.71. The summed E-state index contributed by atoms with van der Waals surface area (Å²) in [7, 11) is 1.56. The van der Waals surface area contributed by atoms with E-state index in [1.807, 2.05) is 0 Å². The molecule has 0 unspecified atom stereocenters. The Morgan fingerprint density at radius 2 is 1.62 bits per heavy atom. The van der Waals surface area contributed by atoms with E-state index in [0.717, 1.165) is 6.07 Å². The monoisotopic (exact) mass is 220 g/mol. The number of ether oxygens (including phenoxy) is 1. The van der Waals surface area contributed by atoms with Gasteiger partial charge in [-0.25, -0.2) is 8.78 Å². The molecule has 0 saturated carbocycles. The van der Waals surface area contributed by atoms with Crippen molar-refractivity contribution in [3.8, 4) is 16.9 Å². The number of hydrogen-bond acceptors (Lipinski definition) is 1. The molecule has 0 atom stereocenters. The first-order valence-corrected chi connectivity index (χ1v) is 4.80. The maximum absolute atomic E-state index is 13.4. The summed E-state index contributed by atoms with van der Waals surface area (Å²) >= 11 is 0. The van der Waals surface area contributed by atoms with Crippen molar-refractivity contribution in [1.82, 2.24) is 0 Å². The van der Waals surface area contributed by atoms with Crippen LogP contribution in [0.1, 0.15) is 0 Å². The maximum Gasteiger partial charge on any atom is 0.133 e. The molecule has 0 amide bonds. The second-order valence-electron chi connectivity index (χ2n) is 3.35. The molecule has 2 aromatic carbocycles. The highest BCUT2D eigenvalue weighted by Crippen LogP contribution is 2.25. The average molecular weight is 220 g/mol. The lowest BCUT2D eigenvalue weighted by molar-refractivity contribution is 0.415. The van der Waals surface area contributed by atoms with Crippen molar-refractivity contribution in [2.75, 3.05) is 7.11 Å². The fourth-order valence-electron chi connectivity index (χ4n) is 1.49. The van der Waals surface area contributed by atoms with Gasteiger partial charge in [0.2, 0.25) is 0 Å². The molecule has 3 heteroatoms. The molecular weight excluding hydrogens is 210 g/mol. The fourth-order valence-corrected chi connectivity index (χ4v) is 1.49. The van der Waals surface area contributed by atoms with Crippen molar-refractivity contribution < 1.29 is 13.5 Å². The fraction of sp³-hybridized carbons (Fsp3) is 0.0769. The van der Waals surface area contributed by atoms with E-state index in [4.69, 9.17) is 4.74 Å². The molecule has 82 valence electrons. The van der Waals surface area contributed by atoms with E-state index in [2.05, 4.69) is 0 Å². The van der Waals surface area contributed by atoms with Gasteiger partial charge in [0.25, 0.3) is 0 Å². The Morgan fingerprint density at radius 1 is 0.938 bits per heavy atom.